The minimum Gasteiger partial charge on any atom is -0.0622 e. The van der Waals surface area contributed by atoms with Crippen LogP contribution in [0.3, 0.4) is 0 Å². The Kier molecular flexibility index (Phi) is 3.89. The van der Waals surface area contributed by atoms with E-state index in [-0.39, 0.29) is 5.41 Å². The highest BCUT2D eigenvalue weighted by molar-refractivity contribution is 6.13. The van der Waals surface area contributed by atoms with Gasteiger partial charge in [-0.2, -0.15) is 0 Å². The summed E-state index contributed by atoms with van der Waals surface area (Å²) in [4.78, 5) is 0. The first-order valence-corrected chi connectivity index (χ1v) is 11.2. The van der Waals surface area contributed by atoms with E-state index in [1.54, 1.807) is 0 Å². The molecule has 6 rings (SSSR count). The summed E-state index contributed by atoms with van der Waals surface area (Å²) in [5.41, 5.74) is 10.1. The fourth-order valence-electron chi connectivity index (χ4n) is 5.66. The molecule has 0 aliphatic heterocycles. The van der Waals surface area contributed by atoms with Gasteiger partial charge in [0, 0.05) is 0 Å². The van der Waals surface area contributed by atoms with Gasteiger partial charge in [-0.05, 0) is 72.3 Å². The molecule has 0 amide bonds. The molecule has 0 fully saturated rings. The van der Waals surface area contributed by atoms with E-state index in [0.29, 0.717) is 0 Å². The van der Waals surface area contributed by atoms with Crippen molar-refractivity contribution < 1.29 is 0 Å². The Bertz CT molecular complexity index is 1460. The average molecular weight is 399 g/mol. The number of fused-ring (bicyclic) bond motifs is 6. The smallest absolute Gasteiger partial charge is 0.000983 e. The van der Waals surface area contributed by atoms with Crippen LogP contribution in [0.2, 0.25) is 0 Å². The van der Waals surface area contributed by atoms with Gasteiger partial charge in [0.1, 0.15) is 0 Å². The fraction of sp³-hybridized carbons (Fsp3) is 0.161. The van der Waals surface area contributed by atoms with Crippen molar-refractivity contribution in [1.82, 2.24) is 0 Å². The Balaban J connectivity index is 1.88. The molecule has 0 nitrogen and oxygen atoms in total. The molecule has 0 saturated carbocycles. The second kappa shape index (κ2) is 6.56. The minimum absolute atomic E-state index is 0.0662. The molecule has 5 aromatic carbocycles. The highest BCUT2D eigenvalue weighted by Crippen LogP contribution is 2.52. The summed E-state index contributed by atoms with van der Waals surface area (Å²) in [6.07, 6.45) is 1.01. The molecule has 0 unspecified atom stereocenters. The molecule has 0 spiro atoms. The first kappa shape index (κ1) is 18.4. The van der Waals surface area contributed by atoms with Crippen molar-refractivity contribution in [1.29, 1.82) is 0 Å². The van der Waals surface area contributed by atoms with Crippen LogP contribution in [0.1, 0.15) is 37.5 Å². The van der Waals surface area contributed by atoms with Crippen LogP contribution >= 0.6 is 0 Å². The summed E-state index contributed by atoms with van der Waals surface area (Å²) < 4.78 is 0. The van der Waals surface area contributed by atoms with Gasteiger partial charge in [0.2, 0.25) is 0 Å². The standard InChI is InChI=1S/C31H26/c1-31(2,3)30-25-16-10-9-15-24(25)27(21-12-5-4-6-13-21)29-26(30)19-22-18-17-20-11-7-8-14-23(20)28(22)29/h4-18H,19H2,1-3H3. The van der Waals surface area contributed by atoms with E-state index in [2.05, 4.69) is 112 Å². The predicted octanol–water partition coefficient (Wildman–Crippen LogP) is 8.53. The van der Waals surface area contributed by atoms with Gasteiger partial charge < -0.3 is 0 Å². The third-order valence-electron chi connectivity index (χ3n) is 6.76. The monoisotopic (exact) mass is 398 g/mol. The highest BCUT2D eigenvalue weighted by Gasteiger charge is 2.32. The molecular formula is C31H26. The van der Waals surface area contributed by atoms with E-state index in [4.69, 9.17) is 0 Å². The zero-order chi connectivity index (χ0) is 21.2. The minimum atomic E-state index is 0.0662. The van der Waals surface area contributed by atoms with Crippen molar-refractivity contribution >= 4 is 21.5 Å². The molecule has 0 atom stereocenters. The highest BCUT2D eigenvalue weighted by atomic mass is 14.4. The van der Waals surface area contributed by atoms with Crippen molar-refractivity contribution in [2.75, 3.05) is 0 Å². The molecule has 0 heterocycles. The predicted molar refractivity (Wildman–Crippen MR) is 134 cm³/mol. The molecule has 0 bridgehead atoms. The molecule has 5 aromatic rings. The van der Waals surface area contributed by atoms with E-state index in [1.165, 1.54) is 60.5 Å². The Morgan fingerprint density at radius 2 is 1.19 bits per heavy atom. The van der Waals surface area contributed by atoms with Crippen LogP contribution in [-0.4, -0.2) is 0 Å². The third kappa shape index (κ3) is 2.68. The van der Waals surface area contributed by atoms with E-state index in [1.807, 2.05) is 0 Å². The van der Waals surface area contributed by atoms with Crippen molar-refractivity contribution in [3.8, 4) is 22.3 Å². The van der Waals surface area contributed by atoms with Crippen molar-refractivity contribution in [2.24, 2.45) is 0 Å². The van der Waals surface area contributed by atoms with Gasteiger partial charge in [-0.1, -0.05) is 112 Å². The Hall–Kier alpha value is -3.38. The molecule has 1 aliphatic rings. The second-order valence-electron chi connectivity index (χ2n) is 9.76. The lowest BCUT2D eigenvalue weighted by Gasteiger charge is -2.28. The van der Waals surface area contributed by atoms with E-state index in [9.17, 15) is 0 Å². The number of benzene rings is 5. The Labute approximate surface area is 184 Å². The summed E-state index contributed by atoms with van der Waals surface area (Å²) in [6.45, 7) is 7.08. The molecular weight excluding hydrogens is 372 g/mol. The molecule has 0 aromatic heterocycles. The van der Waals surface area contributed by atoms with E-state index >= 15 is 0 Å². The summed E-state index contributed by atoms with van der Waals surface area (Å²) >= 11 is 0. The maximum atomic E-state index is 2.36. The molecule has 0 saturated heterocycles. The van der Waals surface area contributed by atoms with E-state index in [0.717, 1.165) is 6.42 Å². The maximum Gasteiger partial charge on any atom is -0.000983 e. The SMILES string of the molecule is CC(C)(C)c1c2c(c(-c3ccccc3)c3ccccc13)-c1c(ccc3ccccc13)C2. The van der Waals surface area contributed by atoms with Crippen LogP contribution in [0.15, 0.2) is 91.0 Å². The maximum absolute atomic E-state index is 2.36. The zero-order valence-electron chi connectivity index (χ0n) is 18.4. The fourth-order valence-corrected chi connectivity index (χ4v) is 5.66. The van der Waals surface area contributed by atoms with Crippen LogP contribution in [0.25, 0.3) is 43.8 Å². The topological polar surface area (TPSA) is 0 Å². The molecule has 31 heavy (non-hydrogen) atoms. The van der Waals surface area contributed by atoms with E-state index < -0.39 is 0 Å². The lowest BCUT2D eigenvalue weighted by molar-refractivity contribution is 0.591. The van der Waals surface area contributed by atoms with Gasteiger partial charge in [0.05, 0.1) is 0 Å². The van der Waals surface area contributed by atoms with Gasteiger partial charge >= 0.3 is 0 Å². The first-order chi connectivity index (χ1) is 15.0. The van der Waals surface area contributed by atoms with Gasteiger partial charge in [0.15, 0.2) is 0 Å². The van der Waals surface area contributed by atoms with Gasteiger partial charge in [-0.3, -0.25) is 0 Å². The first-order valence-electron chi connectivity index (χ1n) is 11.2. The summed E-state index contributed by atoms with van der Waals surface area (Å²) in [5.74, 6) is 0. The van der Waals surface area contributed by atoms with Crippen LogP contribution in [0, 0.1) is 0 Å². The molecule has 0 heteroatoms. The van der Waals surface area contributed by atoms with Crippen LogP contribution < -0.4 is 0 Å². The molecule has 150 valence electrons. The summed E-state index contributed by atoms with van der Waals surface area (Å²) in [7, 11) is 0. The molecule has 0 N–H and O–H groups in total. The van der Waals surface area contributed by atoms with Gasteiger partial charge in [-0.25, -0.2) is 0 Å². The summed E-state index contributed by atoms with van der Waals surface area (Å²) in [6, 6.07) is 33.5. The lowest BCUT2D eigenvalue weighted by Crippen LogP contribution is -2.15. The normalized spacial score (nSPS) is 12.9. The summed E-state index contributed by atoms with van der Waals surface area (Å²) in [5, 5.41) is 5.44. The number of rotatable bonds is 1. The third-order valence-corrected chi connectivity index (χ3v) is 6.76. The number of hydrogen-bond donors (Lipinski definition) is 0. The van der Waals surface area contributed by atoms with Crippen LogP contribution in [0.4, 0.5) is 0 Å². The Morgan fingerprint density at radius 1 is 0.548 bits per heavy atom. The van der Waals surface area contributed by atoms with Crippen LogP contribution in [-0.2, 0) is 11.8 Å². The number of hydrogen-bond acceptors (Lipinski definition) is 0. The van der Waals surface area contributed by atoms with Crippen LogP contribution in [0.5, 0.6) is 0 Å². The van der Waals surface area contributed by atoms with Gasteiger partial charge in [-0.15, -0.1) is 0 Å². The van der Waals surface area contributed by atoms with Crippen molar-refractivity contribution in [3.63, 3.8) is 0 Å². The molecule has 1 aliphatic carbocycles. The Morgan fingerprint density at radius 3 is 1.94 bits per heavy atom. The second-order valence-corrected chi connectivity index (χ2v) is 9.76. The van der Waals surface area contributed by atoms with Crippen molar-refractivity contribution in [2.45, 2.75) is 32.6 Å². The largest absolute Gasteiger partial charge is 0.0622 e. The lowest BCUT2D eigenvalue weighted by atomic mass is 9.76. The van der Waals surface area contributed by atoms with Crippen molar-refractivity contribution in [3.05, 3.63) is 108 Å². The van der Waals surface area contributed by atoms with Gasteiger partial charge in [0.25, 0.3) is 0 Å². The average Bonchev–Trinajstić information content (AvgIpc) is 3.16. The molecule has 0 radical (unpaired) electrons. The zero-order valence-corrected chi connectivity index (χ0v) is 18.4. The quantitative estimate of drug-likeness (QED) is 0.260.